The summed E-state index contributed by atoms with van der Waals surface area (Å²) in [6.07, 6.45) is -4.54. The molecule has 0 bridgehead atoms. The van der Waals surface area contributed by atoms with E-state index in [1.807, 2.05) is 6.07 Å². The summed E-state index contributed by atoms with van der Waals surface area (Å²) in [7, 11) is -4.06. The van der Waals surface area contributed by atoms with E-state index >= 15 is 0 Å². The molecule has 0 spiro atoms. The summed E-state index contributed by atoms with van der Waals surface area (Å²) >= 11 is 0. The number of nitrogens with zero attached hydrogens (tertiary/aromatic N) is 2. The number of azo groups is 1. The Kier molecular flexibility index (Phi) is 5.09. The number of hydrogen-bond acceptors (Lipinski definition) is 4. The van der Waals surface area contributed by atoms with Crippen LogP contribution in [0.3, 0.4) is 0 Å². The molecule has 0 atom stereocenters. The van der Waals surface area contributed by atoms with Crippen molar-refractivity contribution in [2.24, 2.45) is 10.2 Å². The zero-order chi connectivity index (χ0) is 19.5. The van der Waals surface area contributed by atoms with Gasteiger partial charge in [0.05, 0.1) is 21.0 Å². The Bertz CT molecular complexity index is 1060. The highest BCUT2D eigenvalue weighted by atomic mass is 32.2. The van der Waals surface area contributed by atoms with Crippen LogP contribution >= 0.6 is 0 Å². The average Bonchev–Trinajstić information content (AvgIpc) is 2.67. The molecule has 3 rings (SSSR count). The van der Waals surface area contributed by atoms with E-state index in [1.165, 1.54) is 18.2 Å². The fourth-order valence-corrected chi connectivity index (χ4v) is 3.71. The summed E-state index contributed by atoms with van der Waals surface area (Å²) < 4.78 is 63.8. The van der Waals surface area contributed by atoms with Crippen LogP contribution in [-0.2, 0) is 16.0 Å². The summed E-state index contributed by atoms with van der Waals surface area (Å²) in [5, 5.41) is 7.99. The summed E-state index contributed by atoms with van der Waals surface area (Å²) in [5.74, 6) is 0. The molecule has 0 amide bonds. The quantitative estimate of drug-likeness (QED) is 0.517. The van der Waals surface area contributed by atoms with Gasteiger partial charge in [-0.25, -0.2) is 8.42 Å². The molecule has 0 saturated carbocycles. The SMILES string of the molecule is O=S(=O)(c1ccc(C(F)(F)F)cc1)c1ccccc1N=Nc1ccccc1. The van der Waals surface area contributed by atoms with E-state index in [1.54, 1.807) is 30.3 Å². The van der Waals surface area contributed by atoms with E-state index in [0.29, 0.717) is 5.69 Å². The van der Waals surface area contributed by atoms with Crippen LogP contribution in [-0.4, -0.2) is 8.42 Å². The normalized spacial score (nSPS) is 12.4. The van der Waals surface area contributed by atoms with Crippen molar-refractivity contribution in [3.05, 3.63) is 84.4 Å². The van der Waals surface area contributed by atoms with Gasteiger partial charge in [-0.1, -0.05) is 30.3 Å². The van der Waals surface area contributed by atoms with E-state index in [4.69, 9.17) is 0 Å². The first-order valence-corrected chi connectivity index (χ1v) is 9.25. The third kappa shape index (κ3) is 4.22. The van der Waals surface area contributed by atoms with Crippen molar-refractivity contribution in [1.29, 1.82) is 0 Å². The Balaban J connectivity index is 1.99. The summed E-state index contributed by atoms with van der Waals surface area (Å²) in [6, 6.07) is 18.0. The fourth-order valence-electron chi connectivity index (χ4n) is 2.32. The van der Waals surface area contributed by atoms with Crippen LogP contribution in [0.5, 0.6) is 0 Å². The van der Waals surface area contributed by atoms with E-state index in [-0.39, 0.29) is 15.5 Å². The number of halogens is 3. The van der Waals surface area contributed by atoms with Crippen molar-refractivity contribution in [2.75, 3.05) is 0 Å². The maximum atomic E-state index is 12.8. The molecule has 0 aliphatic carbocycles. The minimum absolute atomic E-state index is 0.0984. The molecule has 0 radical (unpaired) electrons. The van der Waals surface area contributed by atoms with Gasteiger partial charge in [-0.3, -0.25) is 0 Å². The lowest BCUT2D eigenvalue weighted by molar-refractivity contribution is -0.137. The fraction of sp³-hybridized carbons (Fsp3) is 0.0526. The van der Waals surface area contributed by atoms with Crippen molar-refractivity contribution >= 4 is 21.2 Å². The molecule has 0 unspecified atom stereocenters. The van der Waals surface area contributed by atoms with Crippen molar-refractivity contribution in [3.8, 4) is 0 Å². The zero-order valence-electron chi connectivity index (χ0n) is 13.8. The van der Waals surface area contributed by atoms with Crippen LogP contribution in [0.4, 0.5) is 24.5 Å². The van der Waals surface area contributed by atoms with Gasteiger partial charge in [0, 0.05) is 0 Å². The lowest BCUT2D eigenvalue weighted by atomic mass is 10.2. The standard InChI is InChI=1S/C19H13F3N2O2S/c20-19(21,22)14-10-12-16(13-11-14)27(25,26)18-9-5-4-8-17(18)24-23-15-6-2-1-3-7-15/h1-13H. The second-order valence-corrected chi connectivity index (χ2v) is 7.45. The van der Waals surface area contributed by atoms with E-state index in [9.17, 15) is 21.6 Å². The van der Waals surface area contributed by atoms with E-state index < -0.39 is 21.6 Å². The van der Waals surface area contributed by atoms with Crippen molar-refractivity contribution < 1.29 is 21.6 Å². The molecule has 0 N–H and O–H groups in total. The van der Waals surface area contributed by atoms with Gasteiger partial charge in [0.2, 0.25) is 9.84 Å². The van der Waals surface area contributed by atoms with Crippen LogP contribution in [0.15, 0.2) is 98.9 Å². The Morgan fingerprint density at radius 2 is 1.30 bits per heavy atom. The first-order valence-electron chi connectivity index (χ1n) is 7.77. The van der Waals surface area contributed by atoms with Crippen LogP contribution in [0, 0.1) is 0 Å². The van der Waals surface area contributed by atoms with E-state index in [0.717, 1.165) is 24.3 Å². The number of sulfone groups is 1. The molecule has 8 heteroatoms. The number of benzene rings is 3. The lowest BCUT2D eigenvalue weighted by Gasteiger charge is -2.09. The Hall–Kier alpha value is -3.00. The highest BCUT2D eigenvalue weighted by Gasteiger charge is 2.31. The summed E-state index contributed by atoms with van der Waals surface area (Å²) in [5.41, 5.74) is -0.279. The van der Waals surface area contributed by atoms with Gasteiger partial charge in [0.25, 0.3) is 0 Å². The minimum atomic E-state index is -4.54. The molecule has 3 aromatic rings. The molecule has 0 aliphatic heterocycles. The topological polar surface area (TPSA) is 58.9 Å². The molecular formula is C19H13F3N2O2S. The molecule has 27 heavy (non-hydrogen) atoms. The van der Waals surface area contributed by atoms with Crippen molar-refractivity contribution in [1.82, 2.24) is 0 Å². The molecule has 0 fully saturated rings. The molecule has 0 heterocycles. The highest BCUT2D eigenvalue weighted by molar-refractivity contribution is 7.91. The van der Waals surface area contributed by atoms with Crippen LogP contribution in [0.25, 0.3) is 0 Å². The van der Waals surface area contributed by atoms with Crippen LogP contribution in [0.1, 0.15) is 5.56 Å². The maximum Gasteiger partial charge on any atom is 0.416 e. The molecular weight excluding hydrogens is 377 g/mol. The van der Waals surface area contributed by atoms with Gasteiger partial charge in [0.15, 0.2) is 0 Å². The zero-order valence-corrected chi connectivity index (χ0v) is 14.6. The number of hydrogen-bond donors (Lipinski definition) is 0. The van der Waals surface area contributed by atoms with Crippen molar-refractivity contribution in [3.63, 3.8) is 0 Å². The van der Waals surface area contributed by atoms with Gasteiger partial charge >= 0.3 is 6.18 Å². The second-order valence-electron chi connectivity index (χ2n) is 5.53. The molecule has 0 aliphatic rings. The van der Waals surface area contributed by atoms with Gasteiger partial charge in [-0.2, -0.15) is 18.3 Å². The van der Waals surface area contributed by atoms with Gasteiger partial charge in [-0.15, -0.1) is 5.11 Å². The lowest BCUT2D eigenvalue weighted by Crippen LogP contribution is -2.06. The average molecular weight is 390 g/mol. The Morgan fingerprint density at radius 3 is 1.93 bits per heavy atom. The van der Waals surface area contributed by atoms with Gasteiger partial charge in [0.1, 0.15) is 5.69 Å². The number of alkyl halides is 3. The predicted octanol–water partition coefficient (Wildman–Crippen LogP) is 5.95. The maximum absolute atomic E-state index is 12.8. The summed E-state index contributed by atoms with van der Waals surface area (Å²) in [4.78, 5) is -0.387. The van der Waals surface area contributed by atoms with Crippen LogP contribution < -0.4 is 0 Å². The minimum Gasteiger partial charge on any atom is -0.218 e. The highest BCUT2D eigenvalue weighted by Crippen LogP contribution is 2.33. The second kappa shape index (κ2) is 7.32. The molecule has 3 aromatic carbocycles. The smallest absolute Gasteiger partial charge is 0.218 e. The van der Waals surface area contributed by atoms with Crippen molar-refractivity contribution in [2.45, 2.75) is 16.0 Å². The molecule has 0 aromatic heterocycles. The Morgan fingerprint density at radius 1 is 0.704 bits per heavy atom. The first-order chi connectivity index (χ1) is 12.8. The number of rotatable bonds is 4. The van der Waals surface area contributed by atoms with Crippen LogP contribution in [0.2, 0.25) is 0 Å². The largest absolute Gasteiger partial charge is 0.416 e. The van der Waals surface area contributed by atoms with Gasteiger partial charge in [-0.05, 0) is 48.5 Å². The first kappa shape index (κ1) is 18.8. The van der Waals surface area contributed by atoms with E-state index in [2.05, 4.69) is 10.2 Å². The molecule has 138 valence electrons. The third-order valence-electron chi connectivity index (χ3n) is 3.68. The summed E-state index contributed by atoms with van der Waals surface area (Å²) in [6.45, 7) is 0. The van der Waals surface area contributed by atoms with Gasteiger partial charge < -0.3 is 0 Å². The molecule has 0 saturated heterocycles. The third-order valence-corrected chi connectivity index (χ3v) is 5.49. The molecule has 4 nitrogen and oxygen atoms in total. The monoisotopic (exact) mass is 390 g/mol. The Labute approximate surface area is 153 Å². The predicted molar refractivity (Wildman–Crippen MR) is 94.0 cm³/mol.